The molecule has 8 heteroatoms. The molecule has 2 amide bonds. The molecule has 1 aromatic carbocycles. The molecule has 24 heavy (non-hydrogen) atoms. The lowest BCUT2D eigenvalue weighted by Crippen LogP contribution is -2.34. The zero-order valence-electron chi connectivity index (χ0n) is 13.2. The van der Waals surface area contributed by atoms with Crippen LogP contribution in [-0.2, 0) is 11.3 Å². The van der Waals surface area contributed by atoms with E-state index >= 15 is 0 Å². The predicted octanol–water partition coefficient (Wildman–Crippen LogP) is 3.39. The summed E-state index contributed by atoms with van der Waals surface area (Å²) in [7, 11) is 0. The zero-order valence-corrected chi connectivity index (χ0v) is 14.8. The molecular formula is C16H19BrN4O3. The van der Waals surface area contributed by atoms with Gasteiger partial charge >= 0.3 is 12.0 Å². The van der Waals surface area contributed by atoms with Gasteiger partial charge in [0.2, 0.25) is 0 Å². The first kappa shape index (κ1) is 18.0. The van der Waals surface area contributed by atoms with E-state index in [1.807, 2.05) is 19.1 Å². The van der Waals surface area contributed by atoms with Crippen molar-refractivity contribution in [1.29, 1.82) is 0 Å². The van der Waals surface area contributed by atoms with Gasteiger partial charge in [0.25, 0.3) is 0 Å². The van der Waals surface area contributed by atoms with Gasteiger partial charge in [-0.2, -0.15) is 0 Å². The third-order valence-corrected chi connectivity index (χ3v) is 3.88. The van der Waals surface area contributed by atoms with Gasteiger partial charge in [-0.25, -0.2) is 9.78 Å². The maximum atomic E-state index is 12.2. The van der Waals surface area contributed by atoms with E-state index < -0.39 is 5.97 Å². The summed E-state index contributed by atoms with van der Waals surface area (Å²) in [4.78, 5) is 27.4. The third kappa shape index (κ3) is 5.09. The lowest BCUT2D eigenvalue weighted by atomic mass is 10.1. The number of carboxylic acid groups (broad SMARTS) is 1. The number of carbonyl (C=O) groups excluding carboxylic acids is 1. The lowest BCUT2D eigenvalue weighted by Gasteiger charge is -2.19. The molecule has 1 heterocycles. The average Bonchev–Trinajstić information content (AvgIpc) is 2.96. The minimum absolute atomic E-state index is 0.189. The van der Waals surface area contributed by atoms with Crippen molar-refractivity contribution < 1.29 is 14.7 Å². The topological polar surface area (TPSA) is 96.3 Å². The molecular weight excluding hydrogens is 376 g/mol. The fourth-order valence-electron chi connectivity index (χ4n) is 2.32. The Hall–Kier alpha value is -2.35. The molecule has 0 spiro atoms. The minimum Gasteiger partial charge on any atom is -0.480 e. The number of aromatic nitrogens is 2. The van der Waals surface area contributed by atoms with Crippen molar-refractivity contribution in [3.05, 3.63) is 47.0 Å². The average molecular weight is 395 g/mol. The fourth-order valence-corrected chi connectivity index (χ4v) is 2.59. The van der Waals surface area contributed by atoms with Crippen LogP contribution in [-0.4, -0.2) is 26.7 Å². The molecule has 0 aliphatic rings. The number of nitrogens with one attached hydrogen (secondary N) is 2. The second-order valence-electron chi connectivity index (χ2n) is 5.25. The number of anilines is 1. The van der Waals surface area contributed by atoms with Gasteiger partial charge in [0.15, 0.2) is 0 Å². The summed E-state index contributed by atoms with van der Waals surface area (Å²) in [5.41, 5.74) is 0.667. The molecule has 0 aliphatic heterocycles. The number of carboxylic acids is 1. The summed E-state index contributed by atoms with van der Waals surface area (Å²) in [6.07, 6.45) is 4.61. The summed E-state index contributed by atoms with van der Waals surface area (Å²) in [6, 6.07) is 6.51. The number of benzene rings is 1. The molecule has 0 fully saturated rings. The van der Waals surface area contributed by atoms with E-state index in [0.717, 1.165) is 10.9 Å². The Morgan fingerprint density at radius 2 is 2.04 bits per heavy atom. The maximum Gasteiger partial charge on any atom is 0.323 e. The van der Waals surface area contributed by atoms with Crippen molar-refractivity contribution in [1.82, 2.24) is 14.9 Å². The molecule has 0 saturated heterocycles. The first-order valence-electron chi connectivity index (χ1n) is 7.55. The quantitative estimate of drug-likeness (QED) is 0.670. The molecule has 7 nitrogen and oxygen atoms in total. The fraction of sp³-hybridized carbons (Fsp3) is 0.312. The van der Waals surface area contributed by atoms with Crippen LogP contribution in [0.4, 0.5) is 10.5 Å². The number of aliphatic carboxylic acids is 1. The number of hydrogen-bond donors (Lipinski definition) is 3. The Labute approximate surface area is 148 Å². The van der Waals surface area contributed by atoms with Crippen LogP contribution in [0.2, 0.25) is 0 Å². The van der Waals surface area contributed by atoms with E-state index in [1.54, 1.807) is 18.3 Å². The van der Waals surface area contributed by atoms with Crippen molar-refractivity contribution in [3.8, 4) is 0 Å². The van der Waals surface area contributed by atoms with Crippen LogP contribution in [0.1, 0.15) is 31.6 Å². The van der Waals surface area contributed by atoms with Gasteiger partial charge < -0.3 is 20.3 Å². The lowest BCUT2D eigenvalue weighted by molar-refractivity contribution is -0.137. The summed E-state index contributed by atoms with van der Waals surface area (Å²) < 4.78 is 2.45. The van der Waals surface area contributed by atoms with Crippen molar-refractivity contribution in [2.75, 3.05) is 5.32 Å². The van der Waals surface area contributed by atoms with Crippen molar-refractivity contribution in [2.24, 2.45) is 0 Å². The highest BCUT2D eigenvalue weighted by molar-refractivity contribution is 9.10. The molecule has 1 aromatic heterocycles. The van der Waals surface area contributed by atoms with Crippen molar-refractivity contribution in [3.63, 3.8) is 0 Å². The Morgan fingerprint density at radius 1 is 1.33 bits per heavy atom. The summed E-state index contributed by atoms with van der Waals surface area (Å²) >= 11 is 3.34. The standard InChI is InChI=1S/C16H19BrN4O3/c1-2-3-13(15-18-8-9-21(15)10-14(22)23)20-16(24)19-12-6-4-11(17)5-7-12/h4-9,13H,2-3,10H2,1H3,(H,22,23)(H2,19,20,24). The Morgan fingerprint density at radius 3 is 2.67 bits per heavy atom. The molecule has 1 atom stereocenters. The van der Waals surface area contributed by atoms with Gasteiger partial charge in [0, 0.05) is 22.6 Å². The van der Waals surface area contributed by atoms with Crippen LogP contribution in [0, 0.1) is 0 Å². The Kier molecular flexibility index (Phi) is 6.36. The molecule has 2 rings (SSSR count). The van der Waals surface area contributed by atoms with Gasteiger partial charge in [0.1, 0.15) is 12.4 Å². The zero-order chi connectivity index (χ0) is 17.5. The highest BCUT2D eigenvalue weighted by Crippen LogP contribution is 2.18. The van der Waals surface area contributed by atoms with Crippen molar-refractivity contribution >= 4 is 33.6 Å². The van der Waals surface area contributed by atoms with Crippen LogP contribution in [0.3, 0.4) is 0 Å². The van der Waals surface area contributed by atoms with Gasteiger partial charge in [-0.15, -0.1) is 0 Å². The van der Waals surface area contributed by atoms with E-state index in [-0.39, 0.29) is 18.6 Å². The predicted molar refractivity (Wildman–Crippen MR) is 93.8 cm³/mol. The van der Waals surface area contributed by atoms with Crippen LogP contribution in [0.25, 0.3) is 0 Å². The van der Waals surface area contributed by atoms with Crippen LogP contribution >= 0.6 is 15.9 Å². The van der Waals surface area contributed by atoms with E-state index in [2.05, 4.69) is 31.5 Å². The number of imidazole rings is 1. The molecule has 0 aliphatic carbocycles. The van der Waals surface area contributed by atoms with Crippen LogP contribution in [0.15, 0.2) is 41.1 Å². The second-order valence-corrected chi connectivity index (χ2v) is 6.17. The molecule has 3 N–H and O–H groups in total. The maximum absolute atomic E-state index is 12.2. The van der Waals surface area contributed by atoms with E-state index in [4.69, 9.17) is 5.11 Å². The first-order chi connectivity index (χ1) is 11.5. The number of carbonyl (C=O) groups is 2. The van der Waals surface area contributed by atoms with Gasteiger partial charge in [0.05, 0.1) is 6.04 Å². The van der Waals surface area contributed by atoms with E-state index in [0.29, 0.717) is 17.9 Å². The summed E-state index contributed by atoms with van der Waals surface area (Å²) in [5, 5.41) is 14.6. The number of hydrogen-bond acceptors (Lipinski definition) is 3. The molecule has 2 aromatic rings. The Bertz CT molecular complexity index is 700. The normalized spacial score (nSPS) is 11.8. The van der Waals surface area contributed by atoms with E-state index in [1.165, 1.54) is 10.8 Å². The number of rotatable bonds is 7. The molecule has 0 radical (unpaired) electrons. The number of urea groups is 1. The van der Waals surface area contributed by atoms with Crippen LogP contribution < -0.4 is 10.6 Å². The summed E-state index contributed by atoms with van der Waals surface area (Å²) in [5.74, 6) is -0.422. The molecule has 1 unspecified atom stereocenters. The smallest absolute Gasteiger partial charge is 0.323 e. The molecule has 128 valence electrons. The third-order valence-electron chi connectivity index (χ3n) is 3.35. The van der Waals surface area contributed by atoms with Gasteiger partial charge in [-0.3, -0.25) is 4.79 Å². The molecule has 0 bridgehead atoms. The van der Waals surface area contributed by atoms with E-state index in [9.17, 15) is 9.59 Å². The second kappa shape index (κ2) is 8.49. The minimum atomic E-state index is -0.955. The number of amides is 2. The highest BCUT2D eigenvalue weighted by Gasteiger charge is 2.19. The van der Waals surface area contributed by atoms with Crippen molar-refractivity contribution in [2.45, 2.75) is 32.4 Å². The van der Waals surface area contributed by atoms with Gasteiger partial charge in [-0.1, -0.05) is 29.3 Å². The number of nitrogens with zero attached hydrogens (tertiary/aromatic N) is 2. The monoisotopic (exact) mass is 394 g/mol. The highest BCUT2D eigenvalue weighted by atomic mass is 79.9. The number of halogens is 1. The summed E-state index contributed by atoms with van der Waals surface area (Å²) in [6.45, 7) is 1.80. The largest absolute Gasteiger partial charge is 0.480 e. The first-order valence-corrected chi connectivity index (χ1v) is 8.34. The van der Waals surface area contributed by atoms with Gasteiger partial charge in [-0.05, 0) is 30.7 Å². The molecule has 0 saturated carbocycles. The SMILES string of the molecule is CCCC(NC(=O)Nc1ccc(Br)cc1)c1nccn1CC(=O)O. The van der Waals surface area contributed by atoms with Crippen LogP contribution in [0.5, 0.6) is 0 Å². The Balaban J connectivity index is 2.07.